The van der Waals surface area contributed by atoms with E-state index in [1.54, 1.807) is 42.5 Å². The van der Waals surface area contributed by atoms with E-state index in [0.717, 1.165) is 24.0 Å². The van der Waals surface area contributed by atoms with Crippen LogP contribution in [0.2, 0.25) is 0 Å². The van der Waals surface area contributed by atoms with E-state index in [4.69, 9.17) is 0 Å². The summed E-state index contributed by atoms with van der Waals surface area (Å²) in [6.45, 7) is 7.87. The molecule has 26 heavy (non-hydrogen) atoms. The van der Waals surface area contributed by atoms with E-state index >= 15 is 0 Å². The normalized spacial score (nSPS) is 11.4. The third-order valence-electron chi connectivity index (χ3n) is 4.51. The number of anilines is 1. The Balaban J connectivity index is 2.13. The van der Waals surface area contributed by atoms with E-state index in [2.05, 4.69) is 10.0 Å². The van der Waals surface area contributed by atoms with E-state index in [1.165, 1.54) is 0 Å². The number of carbonyl (C=O) groups is 1. The fraction of sp³-hybridized carbons (Fsp3) is 0.350. The van der Waals surface area contributed by atoms with Crippen LogP contribution in [-0.2, 0) is 10.0 Å². The Morgan fingerprint density at radius 3 is 2.12 bits per heavy atom. The van der Waals surface area contributed by atoms with Gasteiger partial charge < -0.3 is 5.32 Å². The Hall–Kier alpha value is -2.34. The van der Waals surface area contributed by atoms with Gasteiger partial charge in [-0.2, -0.15) is 0 Å². The smallest absolute Gasteiger partial charge is 0.261 e. The zero-order valence-electron chi connectivity index (χ0n) is 15.7. The van der Waals surface area contributed by atoms with Gasteiger partial charge in [0.2, 0.25) is 0 Å². The number of sulfonamides is 1. The number of amides is 1. The highest BCUT2D eigenvalue weighted by Crippen LogP contribution is 2.19. The quantitative estimate of drug-likeness (QED) is 0.768. The molecule has 2 aromatic rings. The summed E-state index contributed by atoms with van der Waals surface area (Å²) in [4.78, 5) is 12.4. The SMILES string of the molecule is CCC(CC)NC(=O)c1ccc(NS(=O)(=O)c2ccc(C)c(C)c2)cc1. The Bertz CT molecular complexity index is 870. The average Bonchev–Trinajstić information content (AvgIpc) is 2.62. The van der Waals surface area contributed by atoms with Crippen LogP contribution in [0.5, 0.6) is 0 Å². The van der Waals surface area contributed by atoms with Crippen LogP contribution in [0, 0.1) is 13.8 Å². The van der Waals surface area contributed by atoms with Gasteiger partial charge in [-0.25, -0.2) is 8.42 Å². The number of hydrogen-bond donors (Lipinski definition) is 2. The standard InChI is InChI=1S/C20H26N2O3S/c1-5-17(6-2)21-20(23)16-8-10-18(11-9-16)22-26(24,25)19-12-7-14(3)15(4)13-19/h7-13,17,22H,5-6H2,1-4H3,(H,21,23). The second-order valence-corrected chi connectivity index (χ2v) is 8.10. The lowest BCUT2D eigenvalue weighted by molar-refractivity contribution is 0.0935. The molecule has 0 bridgehead atoms. The molecule has 6 heteroatoms. The molecule has 0 aromatic heterocycles. The molecule has 2 rings (SSSR count). The first-order chi connectivity index (χ1) is 12.3. The predicted molar refractivity (Wildman–Crippen MR) is 105 cm³/mol. The van der Waals surface area contributed by atoms with Crippen LogP contribution in [0.15, 0.2) is 47.4 Å². The van der Waals surface area contributed by atoms with Crippen molar-refractivity contribution >= 4 is 21.6 Å². The van der Waals surface area contributed by atoms with Gasteiger partial charge in [-0.1, -0.05) is 19.9 Å². The Kier molecular flexibility index (Phi) is 6.42. The lowest BCUT2D eigenvalue weighted by atomic mass is 10.1. The number of benzene rings is 2. The van der Waals surface area contributed by atoms with Gasteiger partial charge in [-0.15, -0.1) is 0 Å². The summed E-state index contributed by atoms with van der Waals surface area (Å²) in [6.07, 6.45) is 1.74. The summed E-state index contributed by atoms with van der Waals surface area (Å²) in [5, 5.41) is 2.96. The van der Waals surface area contributed by atoms with Gasteiger partial charge in [-0.3, -0.25) is 9.52 Å². The number of nitrogens with one attached hydrogen (secondary N) is 2. The molecular formula is C20H26N2O3S. The summed E-state index contributed by atoms with van der Waals surface area (Å²) in [5.74, 6) is -0.151. The van der Waals surface area contributed by atoms with Crippen molar-refractivity contribution in [3.05, 3.63) is 59.2 Å². The molecule has 1 amide bonds. The molecule has 0 heterocycles. The monoisotopic (exact) mass is 374 g/mol. The van der Waals surface area contributed by atoms with Gasteiger partial charge in [0.15, 0.2) is 0 Å². The van der Waals surface area contributed by atoms with E-state index in [1.807, 2.05) is 27.7 Å². The molecule has 2 aromatic carbocycles. The molecule has 0 spiro atoms. The van der Waals surface area contributed by atoms with Crippen molar-refractivity contribution in [2.45, 2.75) is 51.5 Å². The summed E-state index contributed by atoms with van der Waals surface area (Å²) < 4.78 is 27.6. The molecule has 0 radical (unpaired) electrons. The molecule has 5 nitrogen and oxygen atoms in total. The topological polar surface area (TPSA) is 75.3 Å². The van der Waals surface area contributed by atoms with Gasteiger partial charge in [0.05, 0.1) is 4.90 Å². The first-order valence-corrected chi connectivity index (χ1v) is 10.3. The van der Waals surface area contributed by atoms with Crippen molar-refractivity contribution in [3.8, 4) is 0 Å². The summed E-state index contributed by atoms with van der Waals surface area (Å²) in [5.41, 5.74) is 2.88. The van der Waals surface area contributed by atoms with Crippen LogP contribution in [0.25, 0.3) is 0 Å². The minimum atomic E-state index is -3.66. The van der Waals surface area contributed by atoms with Crippen molar-refractivity contribution in [2.24, 2.45) is 0 Å². The molecule has 0 unspecified atom stereocenters. The third kappa shape index (κ3) is 4.85. The number of hydrogen-bond acceptors (Lipinski definition) is 3. The predicted octanol–water partition coefficient (Wildman–Crippen LogP) is 4.02. The van der Waals surface area contributed by atoms with Crippen molar-refractivity contribution < 1.29 is 13.2 Å². The first-order valence-electron chi connectivity index (χ1n) is 8.77. The van der Waals surface area contributed by atoms with Crippen LogP contribution in [0.4, 0.5) is 5.69 Å². The molecular weight excluding hydrogens is 348 g/mol. The zero-order chi connectivity index (χ0) is 19.3. The van der Waals surface area contributed by atoms with Crippen LogP contribution < -0.4 is 10.0 Å². The zero-order valence-corrected chi connectivity index (χ0v) is 16.5. The lowest BCUT2D eigenvalue weighted by Gasteiger charge is -2.15. The fourth-order valence-electron chi connectivity index (χ4n) is 2.55. The summed E-state index contributed by atoms with van der Waals surface area (Å²) >= 11 is 0. The Morgan fingerprint density at radius 2 is 1.58 bits per heavy atom. The molecule has 0 atom stereocenters. The molecule has 0 aliphatic heterocycles. The molecule has 0 saturated carbocycles. The van der Waals surface area contributed by atoms with Gasteiger partial charge in [0.1, 0.15) is 0 Å². The minimum absolute atomic E-state index is 0.144. The summed E-state index contributed by atoms with van der Waals surface area (Å²) in [7, 11) is -3.66. The van der Waals surface area contributed by atoms with E-state index < -0.39 is 10.0 Å². The highest BCUT2D eigenvalue weighted by molar-refractivity contribution is 7.92. The van der Waals surface area contributed by atoms with Gasteiger partial charge in [0, 0.05) is 17.3 Å². The molecule has 0 aliphatic carbocycles. The minimum Gasteiger partial charge on any atom is -0.349 e. The molecule has 0 saturated heterocycles. The van der Waals surface area contributed by atoms with Crippen LogP contribution in [0.3, 0.4) is 0 Å². The second kappa shape index (κ2) is 8.36. The van der Waals surface area contributed by atoms with Gasteiger partial charge in [-0.05, 0) is 74.2 Å². The van der Waals surface area contributed by atoms with Crippen LogP contribution >= 0.6 is 0 Å². The maximum atomic E-state index is 12.5. The number of rotatable bonds is 7. The Labute approximate surface area is 155 Å². The summed E-state index contributed by atoms with van der Waals surface area (Å²) in [6, 6.07) is 11.6. The van der Waals surface area contributed by atoms with Crippen molar-refractivity contribution in [3.63, 3.8) is 0 Å². The molecule has 2 N–H and O–H groups in total. The maximum absolute atomic E-state index is 12.5. The van der Waals surface area contributed by atoms with Crippen molar-refractivity contribution in [1.82, 2.24) is 5.32 Å². The molecule has 0 fully saturated rings. The fourth-order valence-corrected chi connectivity index (χ4v) is 3.69. The van der Waals surface area contributed by atoms with Crippen molar-refractivity contribution in [2.75, 3.05) is 4.72 Å². The van der Waals surface area contributed by atoms with E-state index in [-0.39, 0.29) is 16.8 Å². The lowest BCUT2D eigenvalue weighted by Crippen LogP contribution is -2.33. The van der Waals surface area contributed by atoms with Crippen molar-refractivity contribution in [1.29, 1.82) is 0 Å². The van der Waals surface area contributed by atoms with E-state index in [9.17, 15) is 13.2 Å². The first kappa shape index (κ1) is 20.0. The largest absolute Gasteiger partial charge is 0.349 e. The number of carbonyl (C=O) groups excluding carboxylic acids is 1. The molecule has 140 valence electrons. The van der Waals surface area contributed by atoms with Crippen LogP contribution in [0.1, 0.15) is 48.2 Å². The molecule has 0 aliphatic rings. The maximum Gasteiger partial charge on any atom is 0.261 e. The average molecular weight is 375 g/mol. The number of aryl methyl sites for hydroxylation is 2. The highest BCUT2D eigenvalue weighted by atomic mass is 32.2. The third-order valence-corrected chi connectivity index (χ3v) is 5.89. The van der Waals surface area contributed by atoms with Crippen LogP contribution in [-0.4, -0.2) is 20.4 Å². The van der Waals surface area contributed by atoms with E-state index in [0.29, 0.717) is 11.3 Å². The van der Waals surface area contributed by atoms with Gasteiger partial charge in [0.25, 0.3) is 15.9 Å². The van der Waals surface area contributed by atoms with Gasteiger partial charge >= 0.3 is 0 Å². The second-order valence-electron chi connectivity index (χ2n) is 6.42. The highest BCUT2D eigenvalue weighted by Gasteiger charge is 2.16. The Morgan fingerprint density at radius 1 is 0.962 bits per heavy atom.